The zero-order chi connectivity index (χ0) is 6.91. The van der Waals surface area contributed by atoms with Crippen LogP contribution in [0.15, 0.2) is 0 Å². The molecule has 1 heterocycles. The lowest BCUT2D eigenvalue weighted by Crippen LogP contribution is -2.28. The standard InChI is InChI=1S/C6H11F2N/c1-9-3-2-6(8,4-7)5-9/h2-5H2,1H3. The van der Waals surface area contributed by atoms with E-state index in [9.17, 15) is 8.78 Å². The average molecular weight is 135 g/mol. The highest BCUT2D eigenvalue weighted by Gasteiger charge is 2.36. The Morgan fingerprint density at radius 1 is 1.67 bits per heavy atom. The van der Waals surface area contributed by atoms with Gasteiger partial charge in [0.2, 0.25) is 0 Å². The number of hydrogen-bond donors (Lipinski definition) is 0. The second kappa shape index (κ2) is 2.21. The fraction of sp³-hybridized carbons (Fsp3) is 1.00. The quantitative estimate of drug-likeness (QED) is 0.518. The van der Waals surface area contributed by atoms with Gasteiger partial charge in [0.25, 0.3) is 0 Å². The number of rotatable bonds is 1. The van der Waals surface area contributed by atoms with Gasteiger partial charge in [-0.2, -0.15) is 0 Å². The van der Waals surface area contributed by atoms with Gasteiger partial charge < -0.3 is 4.90 Å². The third-order valence-corrected chi connectivity index (χ3v) is 1.73. The summed E-state index contributed by atoms with van der Waals surface area (Å²) in [5.74, 6) is 0. The van der Waals surface area contributed by atoms with E-state index < -0.39 is 12.3 Å². The maximum atomic E-state index is 12.9. The zero-order valence-electron chi connectivity index (χ0n) is 5.53. The van der Waals surface area contributed by atoms with E-state index in [0.717, 1.165) is 0 Å². The number of nitrogens with zero attached hydrogens (tertiary/aromatic N) is 1. The second-order valence-corrected chi connectivity index (χ2v) is 2.77. The number of likely N-dealkylation sites (tertiary alicyclic amines) is 1. The van der Waals surface area contributed by atoms with Gasteiger partial charge in [-0.1, -0.05) is 0 Å². The minimum absolute atomic E-state index is 0.253. The molecule has 0 N–H and O–H groups in total. The van der Waals surface area contributed by atoms with Gasteiger partial charge >= 0.3 is 0 Å². The molecule has 1 fully saturated rings. The molecule has 1 aliphatic heterocycles. The van der Waals surface area contributed by atoms with Crippen molar-refractivity contribution in [2.24, 2.45) is 0 Å². The maximum absolute atomic E-state index is 12.9. The van der Waals surface area contributed by atoms with E-state index in [1.165, 1.54) is 0 Å². The molecule has 0 aromatic heterocycles. The molecule has 3 heteroatoms. The van der Waals surface area contributed by atoms with Crippen LogP contribution in [0.2, 0.25) is 0 Å². The van der Waals surface area contributed by atoms with Crippen LogP contribution in [-0.2, 0) is 0 Å². The summed E-state index contributed by atoms with van der Waals surface area (Å²) < 4.78 is 24.7. The second-order valence-electron chi connectivity index (χ2n) is 2.77. The molecule has 1 nitrogen and oxygen atoms in total. The third kappa shape index (κ3) is 1.39. The van der Waals surface area contributed by atoms with Crippen molar-refractivity contribution in [3.05, 3.63) is 0 Å². The van der Waals surface area contributed by atoms with E-state index in [1.54, 1.807) is 11.9 Å². The lowest BCUT2D eigenvalue weighted by Gasteiger charge is -2.13. The first-order valence-corrected chi connectivity index (χ1v) is 3.10. The highest BCUT2D eigenvalue weighted by atomic mass is 19.2. The lowest BCUT2D eigenvalue weighted by molar-refractivity contribution is 0.130. The van der Waals surface area contributed by atoms with Crippen molar-refractivity contribution in [1.82, 2.24) is 4.90 Å². The molecule has 9 heavy (non-hydrogen) atoms. The minimum Gasteiger partial charge on any atom is -0.303 e. The fourth-order valence-corrected chi connectivity index (χ4v) is 1.14. The van der Waals surface area contributed by atoms with Crippen LogP contribution in [0.5, 0.6) is 0 Å². The van der Waals surface area contributed by atoms with Crippen LogP contribution in [0, 0.1) is 0 Å². The van der Waals surface area contributed by atoms with Crippen molar-refractivity contribution in [2.75, 3.05) is 26.8 Å². The molecule has 0 amide bonds. The Bertz CT molecular complexity index is 107. The topological polar surface area (TPSA) is 3.24 Å². The molecule has 1 rings (SSSR count). The Hall–Kier alpha value is -0.180. The minimum atomic E-state index is -1.53. The predicted octanol–water partition coefficient (Wildman–Crippen LogP) is 1.000. The summed E-state index contributed by atoms with van der Waals surface area (Å²) in [4.78, 5) is 1.81. The van der Waals surface area contributed by atoms with Crippen molar-refractivity contribution in [2.45, 2.75) is 12.1 Å². The Kier molecular flexibility index (Phi) is 1.70. The molecule has 54 valence electrons. The SMILES string of the molecule is CN1CCC(F)(CF)C1. The zero-order valence-corrected chi connectivity index (χ0v) is 5.53. The molecule has 0 radical (unpaired) electrons. The Balaban J connectivity index is 2.45. The highest BCUT2D eigenvalue weighted by molar-refractivity contribution is 4.88. The van der Waals surface area contributed by atoms with Crippen LogP contribution >= 0.6 is 0 Å². The van der Waals surface area contributed by atoms with Crippen LogP contribution < -0.4 is 0 Å². The molecule has 1 atom stereocenters. The average Bonchev–Trinajstić information content (AvgIpc) is 2.13. The summed E-state index contributed by atoms with van der Waals surface area (Å²) in [6.45, 7) is 0.0985. The number of alkyl halides is 2. The Morgan fingerprint density at radius 3 is 2.56 bits per heavy atom. The molecule has 1 unspecified atom stereocenters. The van der Waals surface area contributed by atoms with Gasteiger partial charge in [0, 0.05) is 13.1 Å². The van der Waals surface area contributed by atoms with Crippen molar-refractivity contribution in [3.63, 3.8) is 0 Å². The first kappa shape index (κ1) is 6.93. The Morgan fingerprint density at radius 2 is 2.33 bits per heavy atom. The van der Waals surface area contributed by atoms with Crippen LogP contribution in [0.3, 0.4) is 0 Å². The summed E-state index contributed by atoms with van der Waals surface area (Å²) in [6, 6.07) is 0. The monoisotopic (exact) mass is 135 g/mol. The van der Waals surface area contributed by atoms with Gasteiger partial charge in [0.1, 0.15) is 6.67 Å². The summed E-state index contributed by atoms with van der Waals surface area (Å²) in [6.07, 6.45) is 0.347. The molecule has 0 aromatic carbocycles. The normalized spacial score (nSPS) is 37.7. The summed E-state index contributed by atoms with van der Waals surface area (Å²) >= 11 is 0. The van der Waals surface area contributed by atoms with Crippen molar-refractivity contribution >= 4 is 0 Å². The van der Waals surface area contributed by atoms with E-state index in [4.69, 9.17) is 0 Å². The van der Waals surface area contributed by atoms with Crippen LogP contribution in [-0.4, -0.2) is 37.4 Å². The molecular formula is C6H11F2N. The van der Waals surface area contributed by atoms with Crippen LogP contribution in [0.25, 0.3) is 0 Å². The molecule has 0 aliphatic carbocycles. The first-order valence-electron chi connectivity index (χ1n) is 3.10. The molecule has 0 spiro atoms. The van der Waals surface area contributed by atoms with Crippen LogP contribution in [0.1, 0.15) is 6.42 Å². The summed E-state index contributed by atoms with van der Waals surface area (Å²) in [5.41, 5.74) is -1.53. The maximum Gasteiger partial charge on any atom is 0.152 e. The molecule has 1 aliphatic rings. The van der Waals surface area contributed by atoms with E-state index in [-0.39, 0.29) is 6.54 Å². The first-order chi connectivity index (χ1) is 4.16. The van der Waals surface area contributed by atoms with Gasteiger partial charge in [-0.25, -0.2) is 8.78 Å². The largest absolute Gasteiger partial charge is 0.303 e. The molecule has 1 saturated heterocycles. The van der Waals surface area contributed by atoms with Crippen molar-refractivity contribution < 1.29 is 8.78 Å². The van der Waals surface area contributed by atoms with E-state index in [2.05, 4.69) is 0 Å². The van der Waals surface area contributed by atoms with Gasteiger partial charge in [-0.15, -0.1) is 0 Å². The molecule has 0 bridgehead atoms. The van der Waals surface area contributed by atoms with E-state index in [1.807, 2.05) is 0 Å². The third-order valence-electron chi connectivity index (χ3n) is 1.73. The Labute approximate surface area is 53.6 Å². The van der Waals surface area contributed by atoms with Crippen LogP contribution in [0.4, 0.5) is 8.78 Å². The van der Waals surface area contributed by atoms with Crippen molar-refractivity contribution in [1.29, 1.82) is 0 Å². The van der Waals surface area contributed by atoms with Gasteiger partial charge in [0.05, 0.1) is 0 Å². The van der Waals surface area contributed by atoms with Gasteiger partial charge in [0.15, 0.2) is 5.67 Å². The predicted molar refractivity (Wildman–Crippen MR) is 31.9 cm³/mol. The summed E-state index contributed by atoms with van der Waals surface area (Å²) in [7, 11) is 1.80. The molecular weight excluding hydrogens is 124 g/mol. The number of hydrogen-bond acceptors (Lipinski definition) is 1. The van der Waals surface area contributed by atoms with E-state index in [0.29, 0.717) is 13.0 Å². The fourth-order valence-electron chi connectivity index (χ4n) is 1.14. The van der Waals surface area contributed by atoms with E-state index >= 15 is 0 Å². The van der Waals surface area contributed by atoms with Crippen molar-refractivity contribution in [3.8, 4) is 0 Å². The molecule has 0 aromatic rings. The number of halogens is 2. The summed E-state index contributed by atoms with van der Waals surface area (Å²) in [5, 5.41) is 0. The highest BCUT2D eigenvalue weighted by Crippen LogP contribution is 2.24. The smallest absolute Gasteiger partial charge is 0.152 e. The molecule has 0 saturated carbocycles. The van der Waals surface area contributed by atoms with Gasteiger partial charge in [-0.3, -0.25) is 0 Å². The van der Waals surface area contributed by atoms with Gasteiger partial charge in [-0.05, 0) is 13.5 Å². The lowest BCUT2D eigenvalue weighted by atomic mass is 10.1.